The molecular formula is C19H18Cl3N3O3. The van der Waals surface area contributed by atoms with Crippen molar-refractivity contribution in [1.29, 1.82) is 0 Å². The SMILES string of the molecule is O=C(Nc1cc([N+](=O)[O-])ccc1Cl)C1CCN(Cc2ccc(Cl)c(Cl)c2)CC1. The molecule has 0 spiro atoms. The lowest BCUT2D eigenvalue weighted by Crippen LogP contribution is -2.37. The largest absolute Gasteiger partial charge is 0.324 e. The van der Waals surface area contributed by atoms with Crippen LogP contribution in [-0.2, 0) is 11.3 Å². The zero-order chi connectivity index (χ0) is 20.3. The predicted octanol–water partition coefficient (Wildman–Crippen LogP) is 5.41. The van der Waals surface area contributed by atoms with Crippen molar-refractivity contribution in [2.45, 2.75) is 19.4 Å². The molecule has 3 rings (SSSR count). The molecule has 6 nitrogen and oxygen atoms in total. The van der Waals surface area contributed by atoms with Crippen molar-refractivity contribution in [3.05, 3.63) is 67.1 Å². The van der Waals surface area contributed by atoms with Gasteiger partial charge in [-0.2, -0.15) is 0 Å². The van der Waals surface area contributed by atoms with Crippen molar-refractivity contribution in [2.75, 3.05) is 18.4 Å². The topological polar surface area (TPSA) is 75.5 Å². The Kier molecular flexibility index (Phi) is 6.78. The third-order valence-electron chi connectivity index (χ3n) is 4.77. The first kappa shape index (κ1) is 20.9. The van der Waals surface area contributed by atoms with Crippen molar-refractivity contribution in [3.63, 3.8) is 0 Å². The number of likely N-dealkylation sites (tertiary alicyclic amines) is 1. The Labute approximate surface area is 177 Å². The van der Waals surface area contributed by atoms with E-state index >= 15 is 0 Å². The van der Waals surface area contributed by atoms with E-state index in [-0.39, 0.29) is 28.2 Å². The van der Waals surface area contributed by atoms with Gasteiger partial charge < -0.3 is 5.32 Å². The summed E-state index contributed by atoms with van der Waals surface area (Å²) in [4.78, 5) is 25.2. The van der Waals surface area contributed by atoms with Crippen LogP contribution in [0.5, 0.6) is 0 Å². The Morgan fingerprint density at radius 2 is 1.75 bits per heavy atom. The van der Waals surface area contributed by atoms with Gasteiger partial charge in [0.15, 0.2) is 0 Å². The van der Waals surface area contributed by atoms with Crippen molar-refractivity contribution in [3.8, 4) is 0 Å². The molecule has 0 saturated carbocycles. The summed E-state index contributed by atoms with van der Waals surface area (Å²) in [5.74, 6) is -0.336. The van der Waals surface area contributed by atoms with Gasteiger partial charge in [-0.15, -0.1) is 0 Å². The average Bonchev–Trinajstić information content (AvgIpc) is 2.67. The van der Waals surface area contributed by atoms with E-state index in [1.54, 1.807) is 6.07 Å². The first-order valence-electron chi connectivity index (χ1n) is 8.74. The van der Waals surface area contributed by atoms with E-state index in [2.05, 4.69) is 10.2 Å². The van der Waals surface area contributed by atoms with Gasteiger partial charge >= 0.3 is 0 Å². The monoisotopic (exact) mass is 441 g/mol. The Bertz CT molecular complexity index is 899. The number of amides is 1. The minimum absolute atomic E-state index is 0.115. The number of hydrogen-bond donors (Lipinski definition) is 1. The van der Waals surface area contributed by atoms with Crippen LogP contribution < -0.4 is 5.32 Å². The molecule has 2 aromatic rings. The Morgan fingerprint density at radius 1 is 1.07 bits per heavy atom. The molecule has 2 aromatic carbocycles. The van der Waals surface area contributed by atoms with Crippen LogP contribution in [0.3, 0.4) is 0 Å². The number of piperidine rings is 1. The number of carbonyl (C=O) groups excluding carboxylic acids is 1. The van der Waals surface area contributed by atoms with E-state index in [0.717, 1.165) is 25.2 Å². The van der Waals surface area contributed by atoms with Crippen molar-refractivity contribution in [1.82, 2.24) is 4.90 Å². The van der Waals surface area contributed by atoms with Gasteiger partial charge in [0.05, 0.1) is 25.7 Å². The van der Waals surface area contributed by atoms with Gasteiger partial charge in [0, 0.05) is 24.6 Å². The molecule has 1 heterocycles. The summed E-state index contributed by atoms with van der Waals surface area (Å²) in [7, 11) is 0. The van der Waals surface area contributed by atoms with Crippen LogP contribution in [-0.4, -0.2) is 28.8 Å². The molecule has 0 aliphatic carbocycles. The molecule has 1 saturated heterocycles. The maximum Gasteiger partial charge on any atom is 0.271 e. The summed E-state index contributed by atoms with van der Waals surface area (Å²) < 4.78 is 0. The van der Waals surface area contributed by atoms with Crippen LogP contribution in [0, 0.1) is 16.0 Å². The number of hydrogen-bond acceptors (Lipinski definition) is 4. The summed E-state index contributed by atoms with van der Waals surface area (Å²) in [6, 6.07) is 9.57. The van der Waals surface area contributed by atoms with Gasteiger partial charge in [0.25, 0.3) is 5.69 Å². The third-order valence-corrected chi connectivity index (χ3v) is 5.84. The number of anilines is 1. The van der Waals surface area contributed by atoms with E-state index in [9.17, 15) is 14.9 Å². The van der Waals surface area contributed by atoms with Crippen LogP contribution in [0.15, 0.2) is 36.4 Å². The highest BCUT2D eigenvalue weighted by Crippen LogP contribution is 2.29. The van der Waals surface area contributed by atoms with E-state index in [1.807, 2.05) is 12.1 Å². The number of rotatable bonds is 5. The summed E-state index contributed by atoms with van der Waals surface area (Å²) in [5, 5.41) is 15.0. The van der Waals surface area contributed by atoms with Crippen LogP contribution in [0.1, 0.15) is 18.4 Å². The van der Waals surface area contributed by atoms with Gasteiger partial charge in [-0.3, -0.25) is 19.8 Å². The van der Waals surface area contributed by atoms with Gasteiger partial charge in [-0.1, -0.05) is 40.9 Å². The normalized spacial score (nSPS) is 15.4. The van der Waals surface area contributed by atoms with Crippen LogP contribution in [0.25, 0.3) is 0 Å². The zero-order valence-corrected chi connectivity index (χ0v) is 17.1. The molecule has 1 N–H and O–H groups in total. The van der Waals surface area contributed by atoms with Crippen molar-refractivity contribution in [2.24, 2.45) is 5.92 Å². The van der Waals surface area contributed by atoms with E-state index in [4.69, 9.17) is 34.8 Å². The van der Waals surface area contributed by atoms with Gasteiger partial charge in [0.2, 0.25) is 5.91 Å². The molecule has 0 bridgehead atoms. The highest BCUT2D eigenvalue weighted by Gasteiger charge is 2.26. The number of nitrogens with one attached hydrogen (secondary N) is 1. The maximum atomic E-state index is 12.6. The molecule has 0 radical (unpaired) electrons. The highest BCUT2D eigenvalue weighted by atomic mass is 35.5. The fourth-order valence-corrected chi connectivity index (χ4v) is 3.69. The van der Waals surface area contributed by atoms with E-state index in [1.165, 1.54) is 18.2 Å². The second kappa shape index (κ2) is 9.09. The molecule has 0 aromatic heterocycles. The molecular weight excluding hydrogens is 425 g/mol. The Balaban J connectivity index is 1.56. The molecule has 0 atom stereocenters. The predicted molar refractivity (Wildman–Crippen MR) is 111 cm³/mol. The van der Waals surface area contributed by atoms with Crippen LogP contribution in [0.4, 0.5) is 11.4 Å². The van der Waals surface area contributed by atoms with Gasteiger partial charge in [0.1, 0.15) is 0 Å². The minimum atomic E-state index is -0.520. The molecule has 9 heteroatoms. The smallest absolute Gasteiger partial charge is 0.271 e. The second-order valence-corrected chi connectivity index (χ2v) is 7.93. The second-order valence-electron chi connectivity index (χ2n) is 6.71. The van der Waals surface area contributed by atoms with Gasteiger partial charge in [-0.05, 0) is 49.7 Å². The maximum absolute atomic E-state index is 12.6. The standard InChI is InChI=1S/C19H18Cl3N3O3/c20-15-3-1-12(9-17(15)22)11-24-7-5-13(6-8-24)19(26)23-18-10-14(25(27)28)2-4-16(18)21/h1-4,9-10,13H,5-8,11H2,(H,23,26). The molecule has 1 amide bonds. The lowest BCUT2D eigenvalue weighted by molar-refractivity contribution is -0.384. The number of nitro benzene ring substituents is 1. The number of non-ortho nitro benzene ring substituents is 1. The fraction of sp³-hybridized carbons (Fsp3) is 0.316. The quantitative estimate of drug-likeness (QED) is 0.496. The van der Waals surface area contributed by atoms with Gasteiger partial charge in [-0.25, -0.2) is 0 Å². The fourth-order valence-electron chi connectivity index (χ4n) is 3.21. The summed E-state index contributed by atoms with van der Waals surface area (Å²) in [6.07, 6.45) is 1.39. The van der Waals surface area contributed by atoms with Crippen LogP contribution in [0.2, 0.25) is 15.1 Å². The summed E-state index contributed by atoms with van der Waals surface area (Å²) >= 11 is 18.1. The molecule has 1 fully saturated rings. The number of nitrogens with zero attached hydrogens (tertiary/aromatic N) is 2. The number of halogens is 3. The number of carbonyl (C=O) groups is 1. The summed E-state index contributed by atoms with van der Waals surface area (Å²) in [5.41, 5.74) is 1.22. The van der Waals surface area contributed by atoms with E-state index < -0.39 is 4.92 Å². The summed E-state index contributed by atoms with van der Waals surface area (Å²) in [6.45, 7) is 2.27. The average molecular weight is 443 g/mol. The zero-order valence-electron chi connectivity index (χ0n) is 14.8. The van der Waals surface area contributed by atoms with Crippen molar-refractivity contribution >= 4 is 52.1 Å². The lowest BCUT2D eigenvalue weighted by atomic mass is 9.95. The first-order chi connectivity index (χ1) is 13.3. The molecule has 0 unspecified atom stereocenters. The first-order valence-corrected chi connectivity index (χ1v) is 9.88. The highest BCUT2D eigenvalue weighted by molar-refractivity contribution is 6.42. The Hall–Kier alpha value is -1.86. The third kappa shape index (κ3) is 5.14. The minimum Gasteiger partial charge on any atom is -0.324 e. The lowest BCUT2D eigenvalue weighted by Gasteiger charge is -2.31. The van der Waals surface area contributed by atoms with E-state index in [0.29, 0.717) is 22.9 Å². The van der Waals surface area contributed by atoms with Crippen molar-refractivity contribution < 1.29 is 9.72 Å². The molecule has 1 aliphatic heterocycles. The molecule has 1 aliphatic rings. The number of benzene rings is 2. The molecule has 148 valence electrons. The van der Waals surface area contributed by atoms with Crippen LogP contribution >= 0.6 is 34.8 Å². The molecule has 28 heavy (non-hydrogen) atoms. The number of nitro groups is 1. The Morgan fingerprint density at radius 3 is 2.39 bits per heavy atom.